The molecule has 144 valence electrons. The van der Waals surface area contributed by atoms with Crippen molar-refractivity contribution in [1.82, 2.24) is 0 Å². The van der Waals surface area contributed by atoms with Crippen molar-refractivity contribution in [2.75, 3.05) is 17.7 Å². The SMILES string of the molecule is CCS(=O)(=O)c1ccccc1C(=O)Nc1ccc(OCCCC(=O)O)cc1. The number of carboxylic acid groups (broad SMARTS) is 1. The molecule has 2 aromatic carbocycles. The zero-order valence-electron chi connectivity index (χ0n) is 14.8. The lowest BCUT2D eigenvalue weighted by molar-refractivity contribution is -0.137. The van der Waals surface area contributed by atoms with Crippen LogP contribution in [0.15, 0.2) is 53.4 Å². The molecule has 0 atom stereocenters. The molecule has 2 N–H and O–H groups in total. The molecule has 0 aliphatic heterocycles. The number of hydrogen-bond donors (Lipinski definition) is 2. The van der Waals surface area contributed by atoms with Crippen LogP contribution in [0.1, 0.15) is 30.1 Å². The molecule has 1 amide bonds. The van der Waals surface area contributed by atoms with Gasteiger partial charge in [-0.25, -0.2) is 8.42 Å². The van der Waals surface area contributed by atoms with E-state index in [-0.39, 0.29) is 29.2 Å². The number of benzene rings is 2. The van der Waals surface area contributed by atoms with Gasteiger partial charge in [0.15, 0.2) is 9.84 Å². The van der Waals surface area contributed by atoms with Crippen LogP contribution in [0.3, 0.4) is 0 Å². The largest absolute Gasteiger partial charge is 0.494 e. The smallest absolute Gasteiger partial charge is 0.303 e. The summed E-state index contributed by atoms with van der Waals surface area (Å²) in [5, 5.41) is 11.2. The summed E-state index contributed by atoms with van der Waals surface area (Å²) in [7, 11) is -3.51. The van der Waals surface area contributed by atoms with Gasteiger partial charge in [0.25, 0.3) is 5.91 Å². The van der Waals surface area contributed by atoms with Crippen molar-refractivity contribution in [1.29, 1.82) is 0 Å². The van der Waals surface area contributed by atoms with E-state index >= 15 is 0 Å². The molecular weight excluding hydrogens is 370 g/mol. The van der Waals surface area contributed by atoms with Crippen molar-refractivity contribution in [3.05, 3.63) is 54.1 Å². The lowest BCUT2D eigenvalue weighted by atomic mass is 10.2. The molecule has 2 rings (SSSR count). The number of carbonyl (C=O) groups excluding carboxylic acids is 1. The fraction of sp³-hybridized carbons (Fsp3) is 0.263. The Morgan fingerprint density at radius 1 is 1.07 bits per heavy atom. The molecular formula is C19H21NO6S. The number of ether oxygens (including phenoxy) is 1. The molecule has 2 aromatic rings. The third-order valence-electron chi connectivity index (χ3n) is 3.76. The van der Waals surface area contributed by atoms with Gasteiger partial charge in [-0.2, -0.15) is 0 Å². The van der Waals surface area contributed by atoms with Crippen molar-refractivity contribution >= 4 is 27.4 Å². The standard InChI is InChI=1S/C19H21NO6S/c1-2-27(24,25)17-7-4-3-6-16(17)19(23)20-14-9-11-15(12-10-14)26-13-5-8-18(21)22/h3-4,6-7,9-12H,2,5,8,13H2,1H3,(H,20,23)(H,21,22). The van der Waals surface area contributed by atoms with E-state index < -0.39 is 21.7 Å². The Morgan fingerprint density at radius 2 is 1.74 bits per heavy atom. The number of carboxylic acids is 1. The summed E-state index contributed by atoms with van der Waals surface area (Å²) >= 11 is 0. The number of sulfone groups is 1. The Morgan fingerprint density at radius 3 is 2.37 bits per heavy atom. The van der Waals surface area contributed by atoms with Crippen LogP contribution in [-0.2, 0) is 14.6 Å². The minimum atomic E-state index is -3.51. The van der Waals surface area contributed by atoms with E-state index in [0.717, 1.165) is 0 Å². The maximum Gasteiger partial charge on any atom is 0.303 e. The molecule has 0 bridgehead atoms. The highest BCUT2D eigenvalue weighted by molar-refractivity contribution is 7.91. The summed E-state index contributed by atoms with van der Waals surface area (Å²) in [5.41, 5.74) is 0.579. The third kappa shape index (κ3) is 5.82. The fourth-order valence-electron chi connectivity index (χ4n) is 2.33. The van der Waals surface area contributed by atoms with Crippen LogP contribution in [-0.4, -0.2) is 37.8 Å². The van der Waals surface area contributed by atoms with E-state index in [1.54, 1.807) is 36.4 Å². The molecule has 27 heavy (non-hydrogen) atoms. The minimum absolute atomic E-state index is 0.00313. The van der Waals surface area contributed by atoms with Crippen molar-refractivity contribution in [3.63, 3.8) is 0 Å². The van der Waals surface area contributed by atoms with Crippen molar-refractivity contribution in [2.24, 2.45) is 0 Å². The number of nitrogens with one attached hydrogen (secondary N) is 1. The molecule has 0 saturated carbocycles. The average Bonchev–Trinajstić information content (AvgIpc) is 2.66. The Kier molecular flexibility index (Phi) is 6.95. The van der Waals surface area contributed by atoms with E-state index in [1.807, 2.05) is 0 Å². The molecule has 0 radical (unpaired) electrons. The van der Waals surface area contributed by atoms with Gasteiger partial charge in [0, 0.05) is 12.1 Å². The van der Waals surface area contributed by atoms with E-state index in [1.165, 1.54) is 19.1 Å². The van der Waals surface area contributed by atoms with Gasteiger partial charge in [0.1, 0.15) is 5.75 Å². The molecule has 0 heterocycles. The first-order chi connectivity index (χ1) is 12.8. The van der Waals surface area contributed by atoms with Gasteiger partial charge in [-0.3, -0.25) is 9.59 Å². The number of hydrogen-bond acceptors (Lipinski definition) is 5. The van der Waals surface area contributed by atoms with E-state index in [0.29, 0.717) is 17.9 Å². The highest BCUT2D eigenvalue weighted by atomic mass is 32.2. The average molecular weight is 391 g/mol. The van der Waals surface area contributed by atoms with Crippen LogP contribution in [0.5, 0.6) is 5.75 Å². The first-order valence-corrected chi connectivity index (χ1v) is 10.1. The molecule has 8 heteroatoms. The molecule has 0 aliphatic carbocycles. The highest BCUT2D eigenvalue weighted by Crippen LogP contribution is 2.20. The van der Waals surface area contributed by atoms with Crippen molar-refractivity contribution in [2.45, 2.75) is 24.7 Å². The monoisotopic (exact) mass is 391 g/mol. The second kappa shape index (κ2) is 9.18. The fourth-order valence-corrected chi connectivity index (χ4v) is 3.42. The van der Waals surface area contributed by atoms with E-state index in [9.17, 15) is 18.0 Å². The van der Waals surface area contributed by atoms with Crippen LogP contribution in [0.25, 0.3) is 0 Å². The normalized spacial score (nSPS) is 11.0. The van der Waals surface area contributed by atoms with Crippen molar-refractivity contribution < 1.29 is 27.9 Å². The van der Waals surface area contributed by atoms with Gasteiger partial charge < -0.3 is 15.2 Å². The van der Waals surface area contributed by atoms with Gasteiger partial charge in [-0.05, 0) is 42.8 Å². The molecule has 0 aliphatic rings. The first kappa shape index (κ1) is 20.4. The van der Waals surface area contributed by atoms with Gasteiger partial charge >= 0.3 is 5.97 Å². The van der Waals surface area contributed by atoms with Crippen LogP contribution >= 0.6 is 0 Å². The van der Waals surface area contributed by atoms with Gasteiger partial charge in [0.2, 0.25) is 0 Å². The van der Waals surface area contributed by atoms with Crippen LogP contribution in [0, 0.1) is 0 Å². The summed E-state index contributed by atoms with van der Waals surface area (Å²) in [6, 6.07) is 12.6. The van der Waals surface area contributed by atoms with Crippen LogP contribution in [0.2, 0.25) is 0 Å². The molecule has 0 aromatic heterocycles. The van der Waals surface area contributed by atoms with E-state index in [2.05, 4.69) is 5.32 Å². The summed E-state index contributed by atoms with van der Waals surface area (Å²) in [6.07, 6.45) is 0.435. The molecule has 0 unspecified atom stereocenters. The Labute approximate surface area is 157 Å². The first-order valence-electron chi connectivity index (χ1n) is 8.41. The zero-order chi connectivity index (χ0) is 19.9. The number of carbonyl (C=O) groups is 2. The summed E-state index contributed by atoms with van der Waals surface area (Å²) in [5.74, 6) is -0.933. The van der Waals surface area contributed by atoms with Crippen LogP contribution in [0.4, 0.5) is 5.69 Å². The number of amides is 1. The summed E-state index contributed by atoms with van der Waals surface area (Å²) in [4.78, 5) is 22.9. The Bertz CT molecular complexity index is 906. The second-order valence-electron chi connectivity index (χ2n) is 5.72. The Balaban J connectivity index is 2.04. The van der Waals surface area contributed by atoms with Crippen LogP contribution < -0.4 is 10.1 Å². The molecule has 0 saturated heterocycles. The number of anilines is 1. The summed E-state index contributed by atoms with van der Waals surface area (Å²) < 4.78 is 29.7. The lowest BCUT2D eigenvalue weighted by Gasteiger charge is -2.11. The number of rotatable bonds is 9. The zero-order valence-corrected chi connectivity index (χ0v) is 15.7. The minimum Gasteiger partial charge on any atom is -0.494 e. The van der Waals surface area contributed by atoms with Gasteiger partial charge in [-0.15, -0.1) is 0 Å². The molecule has 0 fully saturated rings. The predicted molar refractivity (Wildman–Crippen MR) is 101 cm³/mol. The maximum absolute atomic E-state index is 12.5. The van der Waals surface area contributed by atoms with Crippen molar-refractivity contribution in [3.8, 4) is 5.75 Å². The summed E-state index contributed by atoms with van der Waals surface area (Å²) in [6.45, 7) is 1.81. The second-order valence-corrected chi connectivity index (χ2v) is 7.97. The Hall–Kier alpha value is -2.87. The lowest BCUT2D eigenvalue weighted by Crippen LogP contribution is -2.17. The topological polar surface area (TPSA) is 110 Å². The van der Waals surface area contributed by atoms with Gasteiger partial charge in [-0.1, -0.05) is 19.1 Å². The number of aliphatic carboxylic acids is 1. The molecule has 7 nitrogen and oxygen atoms in total. The van der Waals surface area contributed by atoms with E-state index in [4.69, 9.17) is 9.84 Å². The highest BCUT2D eigenvalue weighted by Gasteiger charge is 2.20. The molecule has 0 spiro atoms. The predicted octanol–water partition coefficient (Wildman–Crippen LogP) is 2.98. The quantitative estimate of drug-likeness (QED) is 0.636. The third-order valence-corrected chi connectivity index (χ3v) is 5.55. The van der Waals surface area contributed by atoms with Gasteiger partial charge in [0.05, 0.1) is 22.8 Å². The maximum atomic E-state index is 12.5.